The van der Waals surface area contributed by atoms with Crippen molar-refractivity contribution in [2.24, 2.45) is 0 Å². The molecule has 6 aromatic rings. The largest absolute Gasteiger partial charge is 0.335 e. The monoisotopic (exact) mass is 890 g/mol. The summed E-state index contributed by atoms with van der Waals surface area (Å²) in [6.07, 6.45) is 2.41. The summed E-state index contributed by atoms with van der Waals surface area (Å²) in [5.74, 6) is 0. The van der Waals surface area contributed by atoms with Crippen molar-refractivity contribution in [2.45, 2.75) is 24.9 Å². The highest BCUT2D eigenvalue weighted by atomic mass is 127. The number of halogens is 4. The van der Waals surface area contributed by atoms with Crippen LogP contribution in [0.5, 0.6) is 0 Å². The van der Waals surface area contributed by atoms with Gasteiger partial charge in [0.15, 0.2) is 0 Å². The second-order valence-electron chi connectivity index (χ2n) is 9.10. The molecule has 6 heteroatoms. The van der Waals surface area contributed by atoms with Crippen molar-refractivity contribution < 1.29 is 0 Å². The van der Waals surface area contributed by atoms with Crippen LogP contribution in [0, 0.1) is 14.3 Å². The van der Waals surface area contributed by atoms with Crippen molar-refractivity contribution in [1.29, 1.82) is 0 Å². The molecule has 0 N–H and O–H groups in total. The topological polar surface area (TPSA) is 9.86 Å². The van der Waals surface area contributed by atoms with E-state index in [2.05, 4.69) is 172 Å². The van der Waals surface area contributed by atoms with Crippen molar-refractivity contribution in [3.8, 4) is 0 Å². The molecule has 4 aromatic carbocycles. The van der Waals surface area contributed by atoms with Gasteiger partial charge in [0.25, 0.3) is 0 Å². The summed E-state index contributed by atoms with van der Waals surface area (Å²) in [5.41, 5.74) is 5.43. The standard InChI is InChI=1S/C28H18I4N2/c29-15-1-5-23-19(11-15)20-12-16(30)2-6-24(20)33(23)27-9-10-28(27)34-25-7-3-17(31)13-21(25)22-14-18(32)4-8-26(22)34/h1-8,11-14,27-28H,9-10H2/t27-,28-/m1/s1. The maximum Gasteiger partial charge on any atom is 0.0551 e. The minimum atomic E-state index is 0.442. The average molecular weight is 890 g/mol. The summed E-state index contributed by atoms with van der Waals surface area (Å²) in [5, 5.41) is 5.49. The van der Waals surface area contributed by atoms with E-state index in [4.69, 9.17) is 0 Å². The van der Waals surface area contributed by atoms with Crippen LogP contribution in [-0.4, -0.2) is 9.13 Å². The SMILES string of the molecule is Ic1ccc2c(c1)c1cc(I)ccc1n2[C@@H]1CC[C@H]1n1c2ccc(I)cc2c2cc(I)ccc21. The van der Waals surface area contributed by atoms with Gasteiger partial charge in [-0.2, -0.15) is 0 Å². The molecular formula is C28H18I4N2. The number of nitrogens with zero attached hydrogens (tertiary/aromatic N) is 2. The number of rotatable bonds is 2. The molecule has 7 rings (SSSR count). The molecular weight excluding hydrogens is 872 g/mol. The molecule has 1 fully saturated rings. The van der Waals surface area contributed by atoms with Gasteiger partial charge in [-0.25, -0.2) is 0 Å². The molecule has 2 nitrogen and oxygen atoms in total. The molecule has 0 amide bonds. The maximum absolute atomic E-state index is 2.64. The molecule has 34 heavy (non-hydrogen) atoms. The first kappa shape index (κ1) is 22.6. The number of aromatic nitrogens is 2. The van der Waals surface area contributed by atoms with Gasteiger partial charge in [-0.15, -0.1) is 0 Å². The van der Waals surface area contributed by atoms with Crippen LogP contribution >= 0.6 is 90.4 Å². The molecule has 0 spiro atoms. The number of benzene rings is 4. The third kappa shape index (κ3) is 3.40. The molecule has 1 saturated carbocycles. The van der Waals surface area contributed by atoms with Gasteiger partial charge in [0.1, 0.15) is 0 Å². The fourth-order valence-corrected chi connectivity index (χ4v) is 7.74. The Kier molecular flexibility index (Phi) is 5.63. The summed E-state index contributed by atoms with van der Waals surface area (Å²) in [4.78, 5) is 0. The number of fused-ring (bicyclic) bond motifs is 6. The number of hydrogen-bond acceptors (Lipinski definition) is 0. The van der Waals surface area contributed by atoms with Crippen LogP contribution < -0.4 is 0 Å². The Balaban J connectivity index is 1.49. The van der Waals surface area contributed by atoms with Crippen LogP contribution in [0.3, 0.4) is 0 Å². The predicted octanol–water partition coefficient (Wildman–Crippen LogP) is 9.90. The van der Waals surface area contributed by atoms with Crippen LogP contribution in [0.15, 0.2) is 72.8 Å². The second-order valence-corrected chi connectivity index (χ2v) is 14.1. The van der Waals surface area contributed by atoms with Gasteiger partial charge < -0.3 is 9.13 Å². The fraction of sp³-hybridized carbons (Fsp3) is 0.143. The van der Waals surface area contributed by atoms with E-state index in [1.54, 1.807) is 0 Å². The first-order chi connectivity index (χ1) is 16.5. The van der Waals surface area contributed by atoms with Gasteiger partial charge in [-0.3, -0.25) is 0 Å². The van der Waals surface area contributed by atoms with Gasteiger partial charge in [-0.1, -0.05) is 0 Å². The Bertz CT molecular complexity index is 1530. The minimum absolute atomic E-state index is 0.442. The van der Waals surface area contributed by atoms with E-state index in [-0.39, 0.29) is 0 Å². The van der Waals surface area contributed by atoms with Crippen LogP contribution in [-0.2, 0) is 0 Å². The lowest BCUT2D eigenvalue weighted by Crippen LogP contribution is -2.31. The number of hydrogen-bond donors (Lipinski definition) is 0. The van der Waals surface area contributed by atoms with E-state index < -0.39 is 0 Å². The first-order valence-electron chi connectivity index (χ1n) is 11.3. The van der Waals surface area contributed by atoms with E-state index >= 15 is 0 Å². The predicted molar refractivity (Wildman–Crippen MR) is 177 cm³/mol. The Morgan fingerprint density at radius 1 is 0.441 bits per heavy atom. The molecule has 0 radical (unpaired) electrons. The van der Waals surface area contributed by atoms with Crippen molar-refractivity contribution in [1.82, 2.24) is 9.13 Å². The molecule has 1 aliphatic carbocycles. The maximum atomic E-state index is 2.64. The van der Waals surface area contributed by atoms with Crippen LogP contribution in [0.25, 0.3) is 43.6 Å². The van der Waals surface area contributed by atoms with E-state index in [1.165, 1.54) is 70.7 Å². The van der Waals surface area contributed by atoms with Gasteiger partial charge >= 0.3 is 0 Å². The highest BCUT2D eigenvalue weighted by Gasteiger charge is 2.37. The Morgan fingerprint density at radius 3 is 0.941 bits per heavy atom. The lowest BCUT2D eigenvalue weighted by atomic mass is 9.85. The van der Waals surface area contributed by atoms with Crippen molar-refractivity contribution in [3.63, 3.8) is 0 Å². The average Bonchev–Trinajstić information content (AvgIpc) is 3.25. The summed E-state index contributed by atoms with van der Waals surface area (Å²) in [6, 6.07) is 28.6. The van der Waals surface area contributed by atoms with Crippen LogP contribution in [0.1, 0.15) is 24.9 Å². The van der Waals surface area contributed by atoms with Crippen molar-refractivity contribution in [3.05, 3.63) is 87.1 Å². The first-order valence-corrected chi connectivity index (χ1v) is 15.6. The van der Waals surface area contributed by atoms with Gasteiger partial charge in [0.05, 0.1) is 12.1 Å². The molecule has 0 saturated heterocycles. The van der Waals surface area contributed by atoms with Crippen LogP contribution in [0.2, 0.25) is 0 Å². The second kappa shape index (κ2) is 8.47. The zero-order valence-electron chi connectivity index (χ0n) is 17.9. The normalized spacial score (nSPS) is 18.4. The minimum Gasteiger partial charge on any atom is -0.335 e. The lowest BCUT2D eigenvalue weighted by Gasteiger charge is -2.40. The van der Waals surface area contributed by atoms with Gasteiger partial charge in [0.2, 0.25) is 0 Å². The molecule has 0 aliphatic heterocycles. The van der Waals surface area contributed by atoms with E-state index in [0.717, 1.165) is 0 Å². The van der Waals surface area contributed by atoms with Crippen LogP contribution in [0.4, 0.5) is 0 Å². The van der Waals surface area contributed by atoms with Gasteiger partial charge in [0, 0.05) is 57.9 Å². The fourth-order valence-electron chi connectivity index (χ4n) is 5.78. The van der Waals surface area contributed by atoms with Crippen molar-refractivity contribution in [2.75, 3.05) is 0 Å². The molecule has 1 aliphatic rings. The summed E-state index contributed by atoms with van der Waals surface area (Å²) < 4.78 is 10.4. The molecule has 0 unspecified atom stereocenters. The zero-order chi connectivity index (χ0) is 23.1. The Hall–Kier alpha value is -0.600. The van der Waals surface area contributed by atoms with Gasteiger partial charge in [-0.05, 0) is 176 Å². The highest BCUT2D eigenvalue weighted by molar-refractivity contribution is 14.1. The molecule has 2 heterocycles. The highest BCUT2D eigenvalue weighted by Crippen LogP contribution is 2.50. The van der Waals surface area contributed by atoms with E-state index in [1.807, 2.05) is 0 Å². The quantitative estimate of drug-likeness (QED) is 0.153. The Labute approximate surface area is 252 Å². The molecule has 2 atom stereocenters. The van der Waals surface area contributed by atoms with E-state index in [0.29, 0.717) is 12.1 Å². The third-order valence-corrected chi connectivity index (χ3v) is 10.0. The molecule has 0 bridgehead atoms. The van der Waals surface area contributed by atoms with E-state index in [9.17, 15) is 0 Å². The summed E-state index contributed by atoms with van der Waals surface area (Å²) in [7, 11) is 0. The lowest BCUT2D eigenvalue weighted by molar-refractivity contribution is 0.205. The zero-order valence-corrected chi connectivity index (χ0v) is 26.5. The molecule has 168 valence electrons. The Morgan fingerprint density at radius 2 is 0.706 bits per heavy atom. The van der Waals surface area contributed by atoms with Crippen molar-refractivity contribution >= 4 is 134 Å². The summed E-state index contributed by atoms with van der Waals surface area (Å²) in [6.45, 7) is 0. The smallest absolute Gasteiger partial charge is 0.0551 e. The summed E-state index contributed by atoms with van der Waals surface area (Å²) >= 11 is 9.76. The third-order valence-electron chi connectivity index (χ3n) is 7.32. The molecule has 2 aromatic heterocycles.